The summed E-state index contributed by atoms with van der Waals surface area (Å²) in [6.45, 7) is 4.24. The van der Waals surface area contributed by atoms with Crippen LogP contribution in [0.2, 0.25) is 0 Å². The van der Waals surface area contributed by atoms with E-state index >= 15 is 0 Å². The van der Waals surface area contributed by atoms with Crippen LogP contribution in [-0.4, -0.2) is 22.7 Å². The zero-order valence-electron chi connectivity index (χ0n) is 8.82. The van der Waals surface area contributed by atoms with E-state index in [4.69, 9.17) is 5.73 Å². The second-order valence-electron chi connectivity index (χ2n) is 3.18. The lowest BCUT2D eigenvalue weighted by atomic mass is 10.5. The first-order chi connectivity index (χ1) is 7.11. The van der Waals surface area contributed by atoms with Gasteiger partial charge >= 0.3 is 0 Å². The molecule has 1 heterocycles. The van der Waals surface area contributed by atoms with Crippen molar-refractivity contribution in [2.24, 2.45) is 5.73 Å². The Bertz CT molecular complexity index is 327. The molecule has 15 heavy (non-hydrogen) atoms. The van der Waals surface area contributed by atoms with Crippen LogP contribution in [0.4, 0.5) is 5.13 Å². The Balaban J connectivity index is 2.42. The maximum Gasteiger partial charge on any atom is 0.223 e. The Kier molecular flexibility index (Phi) is 5.07. The number of hydrogen-bond donors (Lipinski definition) is 2. The third-order valence-corrected chi connectivity index (χ3v) is 3.71. The van der Waals surface area contributed by atoms with Gasteiger partial charge in [-0.15, -0.1) is 11.3 Å². The van der Waals surface area contributed by atoms with Gasteiger partial charge in [0.25, 0.3) is 0 Å². The molecular weight excluding hydrogens is 230 g/mol. The molecule has 0 saturated carbocycles. The number of carbonyl (C=O) groups excluding carboxylic acids is 1. The summed E-state index contributed by atoms with van der Waals surface area (Å²) in [5.74, 6) is 0.757. The van der Waals surface area contributed by atoms with Crippen LogP contribution in [0.25, 0.3) is 0 Å². The number of nitrogens with one attached hydrogen (secondary N) is 1. The van der Waals surface area contributed by atoms with E-state index in [-0.39, 0.29) is 5.91 Å². The molecule has 0 fully saturated rings. The van der Waals surface area contributed by atoms with Gasteiger partial charge in [0.05, 0.1) is 5.69 Å². The number of amides is 1. The first-order valence-electron chi connectivity index (χ1n) is 4.65. The largest absolute Gasteiger partial charge is 0.329 e. The van der Waals surface area contributed by atoms with Crippen LogP contribution in [0.15, 0.2) is 5.38 Å². The Morgan fingerprint density at radius 1 is 1.80 bits per heavy atom. The van der Waals surface area contributed by atoms with Crippen molar-refractivity contribution in [1.29, 1.82) is 0 Å². The average molecular weight is 245 g/mol. The summed E-state index contributed by atoms with van der Waals surface area (Å²) < 4.78 is 0. The Labute approximate surface area is 97.7 Å². The summed E-state index contributed by atoms with van der Waals surface area (Å²) >= 11 is 3.22. The van der Waals surface area contributed by atoms with E-state index in [2.05, 4.69) is 17.2 Å². The predicted octanol–water partition coefficient (Wildman–Crippen LogP) is 1.68. The topological polar surface area (TPSA) is 68.0 Å². The van der Waals surface area contributed by atoms with Crippen molar-refractivity contribution in [3.05, 3.63) is 11.1 Å². The molecule has 3 N–H and O–H groups in total. The summed E-state index contributed by atoms with van der Waals surface area (Å²) in [7, 11) is 0. The van der Waals surface area contributed by atoms with E-state index in [1.165, 1.54) is 18.3 Å². The summed E-state index contributed by atoms with van der Waals surface area (Å²) in [5, 5.41) is 5.73. The number of carbonyl (C=O) groups is 1. The van der Waals surface area contributed by atoms with Gasteiger partial charge in [-0.05, 0) is 0 Å². The van der Waals surface area contributed by atoms with Crippen LogP contribution < -0.4 is 11.1 Å². The molecule has 1 unspecified atom stereocenters. The highest BCUT2D eigenvalue weighted by Crippen LogP contribution is 2.21. The van der Waals surface area contributed by atoms with E-state index in [1.807, 2.05) is 5.38 Å². The predicted molar refractivity (Wildman–Crippen MR) is 66.2 cm³/mol. The zero-order chi connectivity index (χ0) is 11.3. The van der Waals surface area contributed by atoms with Gasteiger partial charge in [0.15, 0.2) is 5.13 Å². The van der Waals surface area contributed by atoms with E-state index in [1.54, 1.807) is 11.8 Å². The monoisotopic (exact) mass is 245 g/mol. The average Bonchev–Trinajstić information content (AvgIpc) is 2.61. The molecule has 4 nitrogen and oxygen atoms in total. The smallest absolute Gasteiger partial charge is 0.223 e. The minimum atomic E-state index is -0.0844. The molecule has 1 rings (SSSR count). The minimum absolute atomic E-state index is 0.0844. The first kappa shape index (κ1) is 12.5. The van der Waals surface area contributed by atoms with Crippen molar-refractivity contribution in [2.75, 3.05) is 11.9 Å². The van der Waals surface area contributed by atoms with Crippen molar-refractivity contribution < 1.29 is 4.79 Å². The molecule has 1 aromatic rings. The summed E-state index contributed by atoms with van der Waals surface area (Å²) in [4.78, 5) is 15.1. The molecule has 0 saturated heterocycles. The van der Waals surface area contributed by atoms with Gasteiger partial charge < -0.3 is 11.1 Å². The van der Waals surface area contributed by atoms with Gasteiger partial charge in [-0.2, -0.15) is 11.8 Å². The normalized spacial score (nSPS) is 12.5. The van der Waals surface area contributed by atoms with Gasteiger partial charge in [-0.3, -0.25) is 4.79 Å². The number of anilines is 1. The lowest BCUT2D eigenvalue weighted by Crippen LogP contribution is -2.12. The van der Waals surface area contributed by atoms with Crippen molar-refractivity contribution in [3.63, 3.8) is 0 Å². The number of nitrogens with zero attached hydrogens (tertiary/aromatic N) is 1. The highest BCUT2D eigenvalue weighted by molar-refractivity contribution is 7.99. The Morgan fingerprint density at radius 3 is 3.13 bits per heavy atom. The highest BCUT2D eigenvalue weighted by Gasteiger charge is 2.05. The number of thioether (sulfide) groups is 1. The van der Waals surface area contributed by atoms with Gasteiger partial charge in [0.2, 0.25) is 5.91 Å². The van der Waals surface area contributed by atoms with E-state index in [0.717, 1.165) is 11.4 Å². The van der Waals surface area contributed by atoms with Crippen molar-refractivity contribution >= 4 is 34.1 Å². The molecule has 0 aliphatic carbocycles. The minimum Gasteiger partial charge on any atom is -0.329 e. The lowest BCUT2D eigenvalue weighted by Gasteiger charge is -2.05. The van der Waals surface area contributed by atoms with Gasteiger partial charge in [-0.1, -0.05) is 6.92 Å². The fourth-order valence-corrected chi connectivity index (χ4v) is 2.48. The summed E-state index contributed by atoms with van der Waals surface area (Å²) in [5.41, 5.74) is 6.51. The number of hydrogen-bond acceptors (Lipinski definition) is 5. The fraction of sp³-hybridized carbons (Fsp3) is 0.556. The third kappa shape index (κ3) is 4.63. The Morgan fingerprint density at radius 2 is 2.53 bits per heavy atom. The molecule has 0 aliphatic heterocycles. The quantitative estimate of drug-likeness (QED) is 0.828. The van der Waals surface area contributed by atoms with Gasteiger partial charge in [0, 0.05) is 29.9 Å². The molecule has 0 aliphatic rings. The summed E-state index contributed by atoms with van der Waals surface area (Å²) in [6.07, 6.45) is 0. The van der Waals surface area contributed by atoms with E-state index in [9.17, 15) is 4.79 Å². The molecule has 1 atom stereocenters. The second kappa shape index (κ2) is 6.09. The third-order valence-electron chi connectivity index (χ3n) is 1.68. The Hall–Kier alpha value is -0.590. The molecule has 0 radical (unpaired) electrons. The lowest BCUT2D eigenvalue weighted by molar-refractivity contribution is -0.114. The summed E-state index contributed by atoms with van der Waals surface area (Å²) in [6, 6.07) is 0. The molecule has 0 bridgehead atoms. The maximum atomic E-state index is 10.8. The number of thiazole rings is 1. The molecule has 0 aromatic carbocycles. The highest BCUT2D eigenvalue weighted by atomic mass is 32.2. The van der Waals surface area contributed by atoms with E-state index < -0.39 is 0 Å². The molecule has 6 heteroatoms. The number of nitrogens with two attached hydrogens (primary N) is 1. The van der Waals surface area contributed by atoms with Crippen LogP contribution in [-0.2, 0) is 10.5 Å². The van der Waals surface area contributed by atoms with Gasteiger partial charge in [0.1, 0.15) is 0 Å². The van der Waals surface area contributed by atoms with Crippen LogP contribution in [0, 0.1) is 0 Å². The van der Waals surface area contributed by atoms with Crippen LogP contribution in [0.3, 0.4) is 0 Å². The van der Waals surface area contributed by atoms with Crippen molar-refractivity contribution in [2.45, 2.75) is 24.9 Å². The van der Waals surface area contributed by atoms with Crippen LogP contribution >= 0.6 is 23.1 Å². The standard InChI is InChI=1S/C9H15N3OS2/c1-6(3-10)14-4-8-5-15-9(12-8)11-7(2)13/h5-6H,3-4,10H2,1-2H3,(H,11,12,13). The van der Waals surface area contributed by atoms with Crippen molar-refractivity contribution in [1.82, 2.24) is 4.98 Å². The zero-order valence-corrected chi connectivity index (χ0v) is 10.5. The number of aromatic nitrogens is 1. The van der Waals surface area contributed by atoms with Crippen LogP contribution in [0.1, 0.15) is 19.5 Å². The van der Waals surface area contributed by atoms with Gasteiger partial charge in [-0.25, -0.2) is 4.98 Å². The molecule has 1 amide bonds. The molecule has 1 aromatic heterocycles. The van der Waals surface area contributed by atoms with E-state index in [0.29, 0.717) is 16.9 Å². The van der Waals surface area contributed by atoms with Crippen molar-refractivity contribution in [3.8, 4) is 0 Å². The molecule has 0 spiro atoms. The van der Waals surface area contributed by atoms with Crippen LogP contribution in [0.5, 0.6) is 0 Å². The molecule has 84 valence electrons. The number of rotatable bonds is 5. The fourth-order valence-electron chi connectivity index (χ4n) is 0.877. The molecular formula is C9H15N3OS2. The maximum absolute atomic E-state index is 10.8. The first-order valence-corrected chi connectivity index (χ1v) is 6.58. The second-order valence-corrected chi connectivity index (χ2v) is 5.47. The SMILES string of the molecule is CC(=O)Nc1nc(CSC(C)CN)cs1.